The van der Waals surface area contributed by atoms with Gasteiger partial charge in [-0.15, -0.1) is 0 Å². The molecule has 1 aliphatic rings. The van der Waals surface area contributed by atoms with Crippen LogP contribution in [0.3, 0.4) is 0 Å². The van der Waals surface area contributed by atoms with Crippen LogP contribution in [0.4, 0.5) is 17.1 Å². The molecule has 0 unspecified atom stereocenters. The molecule has 8 aromatic carbocycles. The molecular formula is C51H33N3O. The Labute approximate surface area is 318 Å². The van der Waals surface area contributed by atoms with Crippen LogP contribution in [-0.2, 0) is 0 Å². The van der Waals surface area contributed by atoms with Crippen molar-refractivity contribution in [3.8, 4) is 50.8 Å². The van der Waals surface area contributed by atoms with Crippen LogP contribution < -0.4 is 9.64 Å². The van der Waals surface area contributed by atoms with Gasteiger partial charge in [0.15, 0.2) is 11.5 Å². The highest BCUT2D eigenvalue weighted by Gasteiger charge is 2.27. The first-order valence-corrected chi connectivity index (χ1v) is 18.6. The number of rotatable bonds is 5. The summed E-state index contributed by atoms with van der Waals surface area (Å²) in [6.45, 7) is 0. The summed E-state index contributed by atoms with van der Waals surface area (Å²) in [6, 6.07) is 70.7. The van der Waals surface area contributed by atoms with Gasteiger partial charge in [-0.3, -0.25) is 4.57 Å². The van der Waals surface area contributed by atoms with Crippen molar-refractivity contribution in [2.75, 3.05) is 4.90 Å². The van der Waals surface area contributed by atoms with Crippen molar-refractivity contribution < 1.29 is 4.74 Å². The van der Waals surface area contributed by atoms with E-state index in [9.17, 15) is 0 Å². The SMILES string of the molecule is c1ccc(-c2cc(-c3ccccc3)nc(-n3c4ccc5ccccc5c4c4cccc(-c5ccc6c(c5)Oc5ccccc5N6c5ccccc5)c43)c2)cc1. The molecule has 0 saturated heterocycles. The summed E-state index contributed by atoms with van der Waals surface area (Å²) < 4.78 is 9.08. The number of para-hydroxylation sites is 4. The van der Waals surface area contributed by atoms with Crippen molar-refractivity contribution in [2.45, 2.75) is 0 Å². The van der Waals surface area contributed by atoms with Gasteiger partial charge in [-0.2, -0.15) is 0 Å². The Hall–Kier alpha value is -7.43. The van der Waals surface area contributed by atoms with Gasteiger partial charge in [-0.05, 0) is 82.1 Å². The highest BCUT2D eigenvalue weighted by molar-refractivity contribution is 6.23. The topological polar surface area (TPSA) is 30.3 Å². The zero-order chi connectivity index (χ0) is 36.3. The van der Waals surface area contributed by atoms with Crippen LogP contribution in [0.2, 0.25) is 0 Å². The minimum atomic E-state index is 0.806. The molecule has 2 aromatic heterocycles. The molecule has 258 valence electrons. The third-order valence-corrected chi connectivity index (χ3v) is 10.7. The third-order valence-electron chi connectivity index (χ3n) is 10.7. The summed E-state index contributed by atoms with van der Waals surface area (Å²) in [4.78, 5) is 7.74. The summed E-state index contributed by atoms with van der Waals surface area (Å²) in [5, 5.41) is 4.80. The van der Waals surface area contributed by atoms with E-state index in [1.807, 2.05) is 12.1 Å². The molecule has 0 bridgehead atoms. The lowest BCUT2D eigenvalue weighted by Gasteiger charge is -2.33. The number of anilines is 3. The lowest BCUT2D eigenvalue weighted by Crippen LogP contribution is -2.15. The number of ether oxygens (including phenoxy) is 1. The third kappa shape index (κ3) is 5.11. The lowest BCUT2D eigenvalue weighted by atomic mass is 9.99. The fraction of sp³-hybridized carbons (Fsp3) is 0. The van der Waals surface area contributed by atoms with E-state index in [1.165, 1.54) is 21.5 Å². The van der Waals surface area contributed by atoms with Crippen LogP contribution >= 0.6 is 0 Å². The highest BCUT2D eigenvalue weighted by Crippen LogP contribution is 2.52. The molecular weight excluding hydrogens is 671 g/mol. The maximum absolute atomic E-state index is 6.70. The molecule has 0 N–H and O–H groups in total. The van der Waals surface area contributed by atoms with Crippen LogP contribution in [-0.4, -0.2) is 9.55 Å². The average Bonchev–Trinajstić information content (AvgIpc) is 3.61. The molecule has 11 rings (SSSR count). The van der Waals surface area contributed by atoms with E-state index in [4.69, 9.17) is 9.72 Å². The number of hydrogen-bond acceptors (Lipinski definition) is 3. The summed E-state index contributed by atoms with van der Waals surface area (Å²) in [5.41, 5.74) is 11.7. The fourth-order valence-electron chi connectivity index (χ4n) is 8.27. The zero-order valence-electron chi connectivity index (χ0n) is 29.8. The van der Waals surface area contributed by atoms with Gasteiger partial charge in [0.05, 0.1) is 28.1 Å². The van der Waals surface area contributed by atoms with Crippen LogP contribution in [0.15, 0.2) is 200 Å². The molecule has 0 amide bonds. The maximum atomic E-state index is 6.70. The van der Waals surface area contributed by atoms with Gasteiger partial charge in [-0.1, -0.05) is 146 Å². The first kappa shape index (κ1) is 31.1. The minimum absolute atomic E-state index is 0.806. The Kier molecular flexibility index (Phi) is 7.14. The van der Waals surface area contributed by atoms with Crippen molar-refractivity contribution in [3.05, 3.63) is 200 Å². The molecule has 1 aliphatic heterocycles. The standard InChI is InChI=1S/C51H33N3O/c1-4-15-34(16-5-1)38-31-43(36-18-6-2-7-19-36)52-49(33-38)54-46-30-27-35-17-10-11-22-40(35)50(46)42-24-14-23-41(51(42)54)37-28-29-45-48(32-37)55-47-26-13-12-25-44(47)53(45)39-20-8-3-9-21-39/h1-33H. The number of hydrogen-bond donors (Lipinski definition) is 0. The number of aromatic nitrogens is 2. The molecule has 10 aromatic rings. The van der Waals surface area contributed by atoms with Crippen LogP contribution in [0, 0.1) is 0 Å². The lowest BCUT2D eigenvalue weighted by molar-refractivity contribution is 0.477. The van der Waals surface area contributed by atoms with Crippen LogP contribution in [0.25, 0.3) is 71.9 Å². The molecule has 0 spiro atoms. The predicted molar refractivity (Wildman–Crippen MR) is 227 cm³/mol. The Morgan fingerprint density at radius 1 is 0.436 bits per heavy atom. The van der Waals surface area contributed by atoms with Gasteiger partial charge >= 0.3 is 0 Å². The Bertz CT molecular complexity index is 3000. The maximum Gasteiger partial charge on any atom is 0.152 e. The summed E-state index contributed by atoms with van der Waals surface area (Å²) in [6.07, 6.45) is 0. The van der Waals surface area contributed by atoms with Gasteiger partial charge in [0.2, 0.25) is 0 Å². The molecule has 55 heavy (non-hydrogen) atoms. The largest absolute Gasteiger partial charge is 0.453 e. The highest BCUT2D eigenvalue weighted by atomic mass is 16.5. The molecule has 3 heterocycles. The van der Waals surface area contributed by atoms with Crippen LogP contribution in [0.1, 0.15) is 0 Å². The second kappa shape index (κ2) is 12.6. The quantitative estimate of drug-likeness (QED) is 0.179. The number of benzene rings is 8. The van der Waals surface area contributed by atoms with Crippen LogP contribution in [0.5, 0.6) is 11.5 Å². The number of pyridine rings is 1. The van der Waals surface area contributed by atoms with Gasteiger partial charge in [0, 0.05) is 27.6 Å². The second-order valence-electron chi connectivity index (χ2n) is 14.0. The Morgan fingerprint density at radius 3 is 1.96 bits per heavy atom. The van der Waals surface area contributed by atoms with Crippen molar-refractivity contribution >= 4 is 49.6 Å². The van der Waals surface area contributed by atoms with Gasteiger partial charge < -0.3 is 9.64 Å². The molecule has 4 heteroatoms. The number of nitrogens with zero attached hydrogens (tertiary/aromatic N) is 3. The predicted octanol–water partition coefficient (Wildman–Crippen LogP) is 13.9. The smallest absolute Gasteiger partial charge is 0.152 e. The van der Waals surface area contributed by atoms with E-state index < -0.39 is 0 Å². The van der Waals surface area contributed by atoms with Crippen molar-refractivity contribution in [2.24, 2.45) is 0 Å². The molecule has 0 fully saturated rings. The van der Waals surface area contributed by atoms with Crippen molar-refractivity contribution in [1.82, 2.24) is 9.55 Å². The Balaban J connectivity index is 1.20. The van der Waals surface area contributed by atoms with Crippen molar-refractivity contribution in [1.29, 1.82) is 0 Å². The monoisotopic (exact) mass is 703 g/mol. The van der Waals surface area contributed by atoms with Gasteiger partial charge in [0.1, 0.15) is 5.82 Å². The molecule has 0 saturated carbocycles. The zero-order valence-corrected chi connectivity index (χ0v) is 29.8. The number of fused-ring (bicyclic) bond motifs is 7. The molecule has 0 radical (unpaired) electrons. The first-order chi connectivity index (χ1) is 27.3. The van der Waals surface area contributed by atoms with E-state index in [2.05, 4.69) is 198 Å². The van der Waals surface area contributed by atoms with E-state index in [1.54, 1.807) is 0 Å². The van der Waals surface area contributed by atoms with E-state index >= 15 is 0 Å². The summed E-state index contributed by atoms with van der Waals surface area (Å²) >= 11 is 0. The summed E-state index contributed by atoms with van der Waals surface area (Å²) in [7, 11) is 0. The minimum Gasteiger partial charge on any atom is -0.453 e. The fourth-order valence-corrected chi connectivity index (χ4v) is 8.27. The normalized spacial score (nSPS) is 12.1. The van der Waals surface area contributed by atoms with Gasteiger partial charge in [-0.25, -0.2) is 4.98 Å². The van der Waals surface area contributed by atoms with Gasteiger partial charge in [0.25, 0.3) is 0 Å². The van der Waals surface area contributed by atoms with E-state index in [-0.39, 0.29) is 0 Å². The second-order valence-corrected chi connectivity index (χ2v) is 14.0. The summed E-state index contributed by atoms with van der Waals surface area (Å²) in [5.74, 6) is 2.49. The Morgan fingerprint density at radius 2 is 1.13 bits per heavy atom. The first-order valence-electron chi connectivity index (χ1n) is 18.6. The molecule has 0 atom stereocenters. The average molecular weight is 704 g/mol. The van der Waals surface area contributed by atoms with Crippen molar-refractivity contribution in [3.63, 3.8) is 0 Å². The molecule has 4 nitrogen and oxygen atoms in total. The molecule has 0 aliphatic carbocycles. The van der Waals surface area contributed by atoms with E-state index in [0.29, 0.717) is 0 Å². The van der Waals surface area contributed by atoms with E-state index in [0.717, 1.165) is 78.9 Å².